The second kappa shape index (κ2) is 6.96. The normalized spacial score (nSPS) is 12.4. The molecule has 1 rings (SSSR count). The highest BCUT2D eigenvalue weighted by molar-refractivity contribution is 5.76. The van der Waals surface area contributed by atoms with Crippen LogP contribution in [0.3, 0.4) is 0 Å². The predicted octanol–water partition coefficient (Wildman–Crippen LogP) is 0.371. The summed E-state index contributed by atoms with van der Waals surface area (Å²) in [6.07, 6.45) is 1.29. The fourth-order valence-corrected chi connectivity index (χ4v) is 1.58. The van der Waals surface area contributed by atoms with Gasteiger partial charge >= 0.3 is 0 Å². The lowest BCUT2D eigenvalue weighted by atomic mass is 10.1. The second-order valence-corrected chi connectivity index (χ2v) is 4.75. The van der Waals surface area contributed by atoms with E-state index >= 15 is 0 Å². The van der Waals surface area contributed by atoms with E-state index in [0.29, 0.717) is 12.3 Å². The number of aromatic nitrogens is 1. The smallest absolute Gasteiger partial charge is 0.250 e. The van der Waals surface area contributed by atoms with E-state index in [4.69, 9.17) is 0 Å². The minimum Gasteiger partial charge on any atom is -0.389 e. The van der Waals surface area contributed by atoms with Crippen molar-refractivity contribution in [3.63, 3.8) is 0 Å². The van der Waals surface area contributed by atoms with Crippen molar-refractivity contribution in [2.24, 2.45) is 5.92 Å². The molecular formula is C13H20N2O3. The van der Waals surface area contributed by atoms with Crippen LogP contribution in [0, 0.1) is 5.92 Å². The van der Waals surface area contributed by atoms with Crippen LogP contribution in [0.4, 0.5) is 0 Å². The van der Waals surface area contributed by atoms with Gasteiger partial charge in [0.15, 0.2) is 0 Å². The zero-order valence-corrected chi connectivity index (χ0v) is 10.8. The lowest BCUT2D eigenvalue weighted by molar-refractivity contribution is -0.122. The van der Waals surface area contributed by atoms with Crippen LogP contribution in [0.2, 0.25) is 0 Å². The summed E-state index contributed by atoms with van der Waals surface area (Å²) in [5.41, 5.74) is -0.162. The third-order valence-corrected chi connectivity index (χ3v) is 2.43. The zero-order valence-electron chi connectivity index (χ0n) is 10.8. The van der Waals surface area contributed by atoms with Gasteiger partial charge in [-0.05, 0) is 12.0 Å². The summed E-state index contributed by atoms with van der Waals surface area (Å²) >= 11 is 0. The third kappa shape index (κ3) is 5.14. The Morgan fingerprint density at radius 2 is 2.17 bits per heavy atom. The number of aliphatic hydroxyl groups excluding tert-OH is 1. The molecule has 0 fully saturated rings. The molecule has 1 aromatic rings. The molecule has 0 saturated heterocycles. The van der Waals surface area contributed by atoms with Gasteiger partial charge in [-0.3, -0.25) is 9.59 Å². The first-order chi connectivity index (χ1) is 8.49. The maximum absolute atomic E-state index is 11.4. The monoisotopic (exact) mass is 252 g/mol. The number of nitrogens with one attached hydrogen (secondary N) is 1. The number of hydrogen-bond donors (Lipinski definition) is 2. The first-order valence-corrected chi connectivity index (χ1v) is 6.09. The summed E-state index contributed by atoms with van der Waals surface area (Å²) in [4.78, 5) is 22.8. The molecule has 1 heterocycles. The highest BCUT2D eigenvalue weighted by atomic mass is 16.3. The molecule has 5 heteroatoms. The number of hydrogen-bond acceptors (Lipinski definition) is 3. The third-order valence-electron chi connectivity index (χ3n) is 2.43. The van der Waals surface area contributed by atoms with Crippen molar-refractivity contribution < 1.29 is 9.90 Å². The van der Waals surface area contributed by atoms with Crippen LogP contribution in [0.5, 0.6) is 0 Å². The number of amides is 1. The summed E-state index contributed by atoms with van der Waals surface area (Å²) < 4.78 is 1.42. The van der Waals surface area contributed by atoms with Gasteiger partial charge in [0, 0.05) is 25.2 Å². The van der Waals surface area contributed by atoms with Gasteiger partial charge in [-0.2, -0.15) is 0 Å². The van der Waals surface area contributed by atoms with Gasteiger partial charge in [0.05, 0.1) is 12.6 Å². The topological polar surface area (TPSA) is 71.3 Å². The molecule has 0 aliphatic carbocycles. The molecule has 100 valence electrons. The summed E-state index contributed by atoms with van der Waals surface area (Å²) in [5, 5.41) is 12.4. The summed E-state index contributed by atoms with van der Waals surface area (Å²) in [7, 11) is 0. The van der Waals surface area contributed by atoms with E-state index in [0.717, 1.165) is 0 Å². The Morgan fingerprint density at radius 1 is 1.44 bits per heavy atom. The molecule has 0 aromatic carbocycles. The molecule has 2 N–H and O–H groups in total. The van der Waals surface area contributed by atoms with Gasteiger partial charge in [0.2, 0.25) is 5.91 Å². The highest BCUT2D eigenvalue weighted by Gasteiger charge is 2.09. The Kier molecular flexibility index (Phi) is 5.58. The minimum absolute atomic E-state index is 0.0792. The number of rotatable bonds is 6. The lowest BCUT2D eigenvalue weighted by Gasteiger charge is -2.14. The van der Waals surface area contributed by atoms with Crippen LogP contribution >= 0.6 is 0 Å². The molecule has 0 aliphatic heterocycles. The highest BCUT2D eigenvalue weighted by Crippen LogP contribution is 1.98. The van der Waals surface area contributed by atoms with Crippen molar-refractivity contribution in [3.05, 3.63) is 34.7 Å². The fraction of sp³-hybridized carbons (Fsp3) is 0.538. The van der Waals surface area contributed by atoms with Crippen molar-refractivity contribution >= 4 is 5.91 Å². The predicted molar refractivity (Wildman–Crippen MR) is 69.2 cm³/mol. The minimum atomic E-state index is -0.763. The summed E-state index contributed by atoms with van der Waals surface area (Å²) in [6, 6.07) is 4.81. The van der Waals surface area contributed by atoms with Crippen LogP contribution in [0.1, 0.15) is 20.3 Å². The van der Waals surface area contributed by atoms with Crippen molar-refractivity contribution in [2.75, 3.05) is 6.54 Å². The van der Waals surface area contributed by atoms with Gasteiger partial charge in [0.1, 0.15) is 0 Å². The number of carbonyl (C=O) groups is 1. The largest absolute Gasteiger partial charge is 0.389 e. The van der Waals surface area contributed by atoms with Crippen molar-refractivity contribution in [1.29, 1.82) is 0 Å². The first-order valence-electron chi connectivity index (χ1n) is 6.09. The lowest BCUT2D eigenvalue weighted by Crippen LogP contribution is -2.36. The Morgan fingerprint density at radius 3 is 2.78 bits per heavy atom. The van der Waals surface area contributed by atoms with Crippen LogP contribution in [0.25, 0.3) is 0 Å². The molecule has 1 unspecified atom stereocenters. The summed E-state index contributed by atoms with van der Waals surface area (Å²) in [5.74, 6) is 0.211. The Hall–Kier alpha value is -1.62. The standard InChI is InChI=1S/C13H20N2O3/c1-10(2)7-12(17)14-8-11(16)9-15-6-4-3-5-13(15)18/h3-6,10-11,16H,7-9H2,1-2H3,(H,14,17). The van der Waals surface area contributed by atoms with E-state index in [1.54, 1.807) is 18.3 Å². The van der Waals surface area contributed by atoms with E-state index < -0.39 is 6.10 Å². The van der Waals surface area contributed by atoms with Crippen molar-refractivity contribution in [3.8, 4) is 0 Å². The van der Waals surface area contributed by atoms with Crippen LogP contribution < -0.4 is 10.9 Å². The van der Waals surface area contributed by atoms with E-state index in [9.17, 15) is 14.7 Å². The van der Waals surface area contributed by atoms with Gasteiger partial charge in [0.25, 0.3) is 5.56 Å². The Bertz CT molecular complexity index is 440. The van der Waals surface area contributed by atoms with Gasteiger partial charge in [-0.15, -0.1) is 0 Å². The molecule has 1 atom stereocenters. The Balaban J connectivity index is 2.38. The van der Waals surface area contributed by atoms with Gasteiger partial charge < -0.3 is 15.0 Å². The average molecular weight is 252 g/mol. The first kappa shape index (κ1) is 14.4. The second-order valence-electron chi connectivity index (χ2n) is 4.75. The number of aliphatic hydroxyl groups is 1. The number of carbonyl (C=O) groups excluding carboxylic acids is 1. The SMILES string of the molecule is CC(C)CC(=O)NCC(O)Cn1ccccc1=O. The van der Waals surface area contributed by atoms with Gasteiger partial charge in [-0.25, -0.2) is 0 Å². The molecule has 0 saturated carbocycles. The molecule has 1 aromatic heterocycles. The Labute approximate surface area is 106 Å². The van der Waals surface area contributed by atoms with E-state index in [2.05, 4.69) is 5.32 Å². The van der Waals surface area contributed by atoms with Gasteiger partial charge in [-0.1, -0.05) is 19.9 Å². The molecule has 18 heavy (non-hydrogen) atoms. The molecule has 5 nitrogen and oxygen atoms in total. The van der Waals surface area contributed by atoms with E-state index in [1.807, 2.05) is 13.8 Å². The molecule has 1 amide bonds. The van der Waals surface area contributed by atoms with E-state index in [-0.39, 0.29) is 24.6 Å². The zero-order chi connectivity index (χ0) is 13.5. The maximum Gasteiger partial charge on any atom is 0.250 e. The van der Waals surface area contributed by atoms with Crippen molar-refractivity contribution in [1.82, 2.24) is 9.88 Å². The van der Waals surface area contributed by atoms with Crippen molar-refractivity contribution in [2.45, 2.75) is 32.9 Å². The quantitative estimate of drug-likeness (QED) is 0.768. The molecule has 0 spiro atoms. The molecular weight excluding hydrogens is 232 g/mol. The van der Waals surface area contributed by atoms with Crippen LogP contribution in [-0.4, -0.2) is 28.2 Å². The molecule has 0 radical (unpaired) electrons. The molecule has 0 bridgehead atoms. The van der Waals surface area contributed by atoms with Crippen LogP contribution in [0.15, 0.2) is 29.2 Å². The number of nitrogens with zero attached hydrogens (tertiary/aromatic N) is 1. The summed E-state index contributed by atoms with van der Waals surface area (Å²) in [6.45, 7) is 4.26. The fourth-order valence-electron chi connectivity index (χ4n) is 1.58. The number of pyridine rings is 1. The van der Waals surface area contributed by atoms with E-state index in [1.165, 1.54) is 10.6 Å². The van der Waals surface area contributed by atoms with Crippen LogP contribution in [-0.2, 0) is 11.3 Å². The maximum atomic E-state index is 11.4. The molecule has 0 aliphatic rings. The average Bonchev–Trinajstić information content (AvgIpc) is 2.29.